The van der Waals surface area contributed by atoms with E-state index in [9.17, 15) is 10.2 Å². The Kier molecular flexibility index (Phi) is 7.86. The Hall–Kier alpha value is -1.16. The molecule has 25 heavy (non-hydrogen) atoms. The van der Waals surface area contributed by atoms with Gasteiger partial charge in [-0.15, -0.1) is 0 Å². The number of hydrogen-bond donors (Lipinski definition) is 3. The van der Waals surface area contributed by atoms with E-state index in [0.717, 1.165) is 24.8 Å². The first kappa shape index (κ1) is 21.9. The van der Waals surface area contributed by atoms with Crippen LogP contribution < -0.4 is 5.73 Å². The molecule has 0 saturated carbocycles. The van der Waals surface area contributed by atoms with Crippen LogP contribution in [0.2, 0.25) is 0 Å². The van der Waals surface area contributed by atoms with Crippen LogP contribution in [0.25, 0.3) is 0 Å². The normalized spacial score (nSPS) is 14.0. The van der Waals surface area contributed by atoms with Gasteiger partial charge < -0.3 is 15.9 Å². The molecule has 0 aromatic carbocycles. The molecule has 0 aliphatic rings. The summed E-state index contributed by atoms with van der Waals surface area (Å²) in [6.45, 7) is 12.4. The lowest BCUT2D eigenvalue weighted by molar-refractivity contribution is 0.213. The summed E-state index contributed by atoms with van der Waals surface area (Å²) in [7, 11) is 0. The Labute approximate surface area is 154 Å². The van der Waals surface area contributed by atoms with Gasteiger partial charge in [-0.25, -0.2) is 0 Å². The predicted molar refractivity (Wildman–Crippen MR) is 106 cm³/mol. The average molecular weight is 353 g/mol. The van der Waals surface area contributed by atoms with Crippen LogP contribution in [0.1, 0.15) is 92.1 Å². The fourth-order valence-electron chi connectivity index (χ4n) is 4.23. The standard InChI is InChI=1S/C21H40N2O2/c1-7-9-10-12-16(11-8-2)13-17-14-18(24)23(19(17)25)21(5,6)15-20(3,4)22/h14,16,24-25H,7-13,15,22H2,1-6H3. The van der Waals surface area contributed by atoms with E-state index >= 15 is 0 Å². The minimum Gasteiger partial charge on any atom is -0.494 e. The van der Waals surface area contributed by atoms with Gasteiger partial charge in [0.25, 0.3) is 0 Å². The largest absolute Gasteiger partial charge is 0.494 e. The van der Waals surface area contributed by atoms with Crippen LogP contribution in [0.3, 0.4) is 0 Å². The van der Waals surface area contributed by atoms with Crippen LogP contribution in [-0.4, -0.2) is 20.3 Å². The quantitative estimate of drug-likeness (QED) is 0.473. The number of aromatic nitrogens is 1. The van der Waals surface area contributed by atoms with Crippen LogP contribution in [0, 0.1) is 5.92 Å². The molecule has 1 unspecified atom stereocenters. The zero-order chi connectivity index (χ0) is 19.3. The second-order valence-corrected chi connectivity index (χ2v) is 9.02. The monoisotopic (exact) mass is 352 g/mol. The molecule has 0 fully saturated rings. The van der Waals surface area contributed by atoms with Crippen molar-refractivity contribution in [3.05, 3.63) is 11.6 Å². The minimum atomic E-state index is -0.451. The zero-order valence-corrected chi connectivity index (χ0v) is 17.2. The number of hydrogen-bond acceptors (Lipinski definition) is 3. The van der Waals surface area contributed by atoms with Crippen LogP contribution in [0.5, 0.6) is 11.8 Å². The lowest BCUT2D eigenvalue weighted by atomic mass is 9.87. The van der Waals surface area contributed by atoms with Crippen molar-refractivity contribution in [1.82, 2.24) is 4.57 Å². The van der Waals surface area contributed by atoms with E-state index in [1.54, 1.807) is 10.6 Å². The van der Waals surface area contributed by atoms with Crippen LogP contribution in [0.4, 0.5) is 0 Å². The van der Waals surface area contributed by atoms with E-state index in [2.05, 4.69) is 13.8 Å². The maximum Gasteiger partial charge on any atom is 0.197 e. The summed E-state index contributed by atoms with van der Waals surface area (Å²) < 4.78 is 1.64. The van der Waals surface area contributed by atoms with E-state index in [0.29, 0.717) is 12.3 Å². The summed E-state index contributed by atoms with van der Waals surface area (Å²) >= 11 is 0. The molecule has 1 atom stereocenters. The lowest BCUT2D eigenvalue weighted by Gasteiger charge is -2.34. The molecule has 1 aromatic rings. The van der Waals surface area contributed by atoms with E-state index in [1.165, 1.54) is 25.7 Å². The molecule has 4 heteroatoms. The number of nitrogens with two attached hydrogens (primary N) is 1. The maximum absolute atomic E-state index is 10.8. The van der Waals surface area contributed by atoms with Gasteiger partial charge in [-0.1, -0.05) is 52.4 Å². The highest BCUT2D eigenvalue weighted by Crippen LogP contribution is 2.39. The summed E-state index contributed by atoms with van der Waals surface area (Å²) in [5, 5.41) is 21.3. The van der Waals surface area contributed by atoms with E-state index < -0.39 is 5.54 Å². The van der Waals surface area contributed by atoms with Crippen molar-refractivity contribution in [1.29, 1.82) is 0 Å². The third-order valence-corrected chi connectivity index (χ3v) is 4.95. The topological polar surface area (TPSA) is 71.4 Å². The fraction of sp³-hybridized carbons (Fsp3) is 0.810. The Morgan fingerprint density at radius 3 is 2.20 bits per heavy atom. The number of rotatable bonds is 11. The third kappa shape index (κ3) is 6.58. The predicted octanol–water partition coefficient (Wildman–Crippen LogP) is 5.30. The van der Waals surface area contributed by atoms with Crippen molar-refractivity contribution in [3.63, 3.8) is 0 Å². The van der Waals surface area contributed by atoms with Crippen molar-refractivity contribution in [3.8, 4) is 11.8 Å². The summed E-state index contributed by atoms with van der Waals surface area (Å²) in [6, 6.07) is 1.74. The van der Waals surface area contributed by atoms with Gasteiger partial charge in [0.1, 0.15) is 0 Å². The highest BCUT2D eigenvalue weighted by Gasteiger charge is 2.32. The smallest absolute Gasteiger partial charge is 0.197 e. The van der Waals surface area contributed by atoms with Gasteiger partial charge >= 0.3 is 0 Å². The Bertz CT molecular complexity index is 527. The molecule has 0 saturated heterocycles. The molecule has 0 spiro atoms. The van der Waals surface area contributed by atoms with Gasteiger partial charge in [0, 0.05) is 22.7 Å². The lowest BCUT2D eigenvalue weighted by Crippen LogP contribution is -2.41. The van der Waals surface area contributed by atoms with Crippen molar-refractivity contribution >= 4 is 0 Å². The van der Waals surface area contributed by atoms with Gasteiger partial charge in [-0.3, -0.25) is 4.57 Å². The first-order chi connectivity index (χ1) is 11.5. The zero-order valence-electron chi connectivity index (χ0n) is 17.2. The molecule has 0 radical (unpaired) electrons. The molecule has 0 aliphatic heterocycles. The molecule has 0 bridgehead atoms. The van der Waals surface area contributed by atoms with Crippen LogP contribution in [0.15, 0.2) is 6.07 Å². The van der Waals surface area contributed by atoms with E-state index in [-0.39, 0.29) is 17.3 Å². The highest BCUT2D eigenvalue weighted by molar-refractivity contribution is 5.37. The molecule has 1 heterocycles. The number of aromatic hydroxyl groups is 2. The molecule has 146 valence electrons. The summed E-state index contributed by atoms with van der Waals surface area (Å²) in [5.41, 5.74) is 6.21. The summed E-state index contributed by atoms with van der Waals surface area (Å²) in [5.74, 6) is 0.890. The Morgan fingerprint density at radius 1 is 1.04 bits per heavy atom. The van der Waals surface area contributed by atoms with Crippen molar-refractivity contribution < 1.29 is 10.2 Å². The van der Waals surface area contributed by atoms with Gasteiger partial charge in [0.15, 0.2) is 11.8 Å². The van der Waals surface area contributed by atoms with E-state index in [4.69, 9.17) is 5.73 Å². The van der Waals surface area contributed by atoms with Crippen molar-refractivity contribution in [2.75, 3.05) is 0 Å². The molecular formula is C21H40N2O2. The van der Waals surface area contributed by atoms with Crippen LogP contribution in [-0.2, 0) is 12.0 Å². The molecule has 4 N–H and O–H groups in total. The molecule has 4 nitrogen and oxygen atoms in total. The maximum atomic E-state index is 10.8. The molecule has 0 aliphatic carbocycles. The summed E-state index contributed by atoms with van der Waals surface area (Å²) in [6.07, 6.45) is 8.71. The van der Waals surface area contributed by atoms with Crippen molar-refractivity contribution in [2.24, 2.45) is 11.7 Å². The summed E-state index contributed by atoms with van der Waals surface area (Å²) in [4.78, 5) is 0. The second kappa shape index (κ2) is 8.98. The number of unbranched alkanes of at least 4 members (excludes halogenated alkanes) is 2. The highest BCUT2D eigenvalue weighted by atomic mass is 16.3. The van der Waals surface area contributed by atoms with Gasteiger partial charge in [0.2, 0.25) is 0 Å². The third-order valence-electron chi connectivity index (χ3n) is 4.95. The number of nitrogens with zero attached hydrogens (tertiary/aromatic N) is 1. The molecule has 1 rings (SSSR count). The van der Waals surface area contributed by atoms with Crippen LogP contribution >= 0.6 is 0 Å². The average Bonchev–Trinajstić information content (AvgIpc) is 2.71. The minimum absolute atomic E-state index is 0.130. The first-order valence-electron chi connectivity index (χ1n) is 9.93. The van der Waals surface area contributed by atoms with Gasteiger partial charge in [-0.2, -0.15) is 0 Å². The first-order valence-corrected chi connectivity index (χ1v) is 9.93. The van der Waals surface area contributed by atoms with E-state index in [1.807, 2.05) is 27.7 Å². The van der Waals surface area contributed by atoms with Gasteiger partial charge in [-0.05, 0) is 46.5 Å². The SMILES string of the molecule is CCCCCC(CCC)Cc1cc(O)n(C(C)(C)CC(C)(C)N)c1O. The Balaban J connectivity index is 2.99. The second-order valence-electron chi connectivity index (χ2n) is 9.02. The molecular weight excluding hydrogens is 312 g/mol. The van der Waals surface area contributed by atoms with Crippen molar-refractivity contribution in [2.45, 2.75) is 104 Å². The molecule has 0 amide bonds. The fourth-order valence-corrected chi connectivity index (χ4v) is 4.23. The molecule has 1 aromatic heterocycles. The Morgan fingerprint density at radius 2 is 1.68 bits per heavy atom. The van der Waals surface area contributed by atoms with Gasteiger partial charge in [0.05, 0.1) is 0 Å².